The standard InChI is InChI=1S/C24H35N5O3/c30-22-4-1-12-27(22)13-3-15-29-19-21(5-6-23(29)31)24(32)28-14-2-11-26(16-17-28)18-20-7-9-25-10-8-20/h7-10,21H,1-6,11-19H2/t21-/m1/s1. The monoisotopic (exact) mass is 441 g/mol. The molecule has 1 aromatic rings. The predicted molar refractivity (Wildman–Crippen MR) is 120 cm³/mol. The molecule has 4 rings (SSSR count). The average Bonchev–Trinajstić information content (AvgIpc) is 3.07. The molecule has 1 atom stereocenters. The van der Waals surface area contributed by atoms with E-state index in [1.807, 2.05) is 39.2 Å². The molecule has 3 fully saturated rings. The zero-order chi connectivity index (χ0) is 22.3. The van der Waals surface area contributed by atoms with Crippen LogP contribution in [0.5, 0.6) is 0 Å². The van der Waals surface area contributed by atoms with Crippen molar-refractivity contribution in [3.8, 4) is 0 Å². The van der Waals surface area contributed by atoms with E-state index in [0.29, 0.717) is 38.9 Å². The van der Waals surface area contributed by atoms with Crippen LogP contribution in [0.3, 0.4) is 0 Å². The van der Waals surface area contributed by atoms with Crippen molar-refractivity contribution in [1.29, 1.82) is 0 Å². The van der Waals surface area contributed by atoms with Gasteiger partial charge in [0.2, 0.25) is 17.7 Å². The van der Waals surface area contributed by atoms with Gasteiger partial charge in [-0.15, -0.1) is 0 Å². The zero-order valence-electron chi connectivity index (χ0n) is 19.0. The second kappa shape index (κ2) is 10.9. The summed E-state index contributed by atoms with van der Waals surface area (Å²) >= 11 is 0. The molecule has 8 heteroatoms. The van der Waals surface area contributed by atoms with Crippen LogP contribution in [0.2, 0.25) is 0 Å². The van der Waals surface area contributed by atoms with Crippen molar-refractivity contribution in [3.63, 3.8) is 0 Å². The molecular weight excluding hydrogens is 406 g/mol. The molecule has 3 aliphatic heterocycles. The van der Waals surface area contributed by atoms with Crippen molar-refractivity contribution in [2.24, 2.45) is 5.92 Å². The summed E-state index contributed by atoms with van der Waals surface area (Å²) in [6.45, 7) is 6.95. The van der Waals surface area contributed by atoms with Crippen molar-refractivity contribution >= 4 is 17.7 Å². The molecule has 4 heterocycles. The van der Waals surface area contributed by atoms with E-state index in [9.17, 15) is 14.4 Å². The molecule has 3 aliphatic rings. The summed E-state index contributed by atoms with van der Waals surface area (Å²) < 4.78 is 0. The highest BCUT2D eigenvalue weighted by atomic mass is 16.2. The summed E-state index contributed by atoms with van der Waals surface area (Å²) in [5.74, 6) is 0.458. The number of hydrogen-bond acceptors (Lipinski definition) is 5. The molecule has 0 aromatic carbocycles. The van der Waals surface area contributed by atoms with Crippen LogP contribution in [0.25, 0.3) is 0 Å². The summed E-state index contributed by atoms with van der Waals surface area (Å²) in [5.41, 5.74) is 1.25. The van der Waals surface area contributed by atoms with Gasteiger partial charge in [-0.25, -0.2) is 0 Å². The summed E-state index contributed by atoms with van der Waals surface area (Å²) in [7, 11) is 0. The number of carbonyl (C=O) groups excluding carboxylic acids is 3. The highest BCUT2D eigenvalue weighted by molar-refractivity contribution is 5.84. The van der Waals surface area contributed by atoms with Gasteiger partial charge in [0.1, 0.15) is 0 Å². The van der Waals surface area contributed by atoms with E-state index >= 15 is 0 Å². The Kier molecular flexibility index (Phi) is 7.73. The first kappa shape index (κ1) is 22.7. The Hall–Kier alpha value is -2.48. The summed E-state index contributed by atoms with van der Waals surface area (Å²) in [6, 6.07) is 4.09. The molecule has 3 amide bonds. The molecule has 8 nitrogen and oxygen atoms in total. The lowest BCUT2D eigenvalue weighted by Crippen LogP contribution is -2.48. The van der Waals surface area contributed by atoms with Gasteiger partial charge >= 0.3 is 0 Å². The average molecular weight is 442 g/mol. The summed E-state index contributed by atoms with van der Waals surface area (Å²) in [6.07, 6.45) is 8.08. The lowest BCUT2D eigenvalue weighted by atomic mass is 9.95. The van der Waals surface area contributed by atoms with Crippen LogP contribution in [0.15, 0.2) is 24.5 Å². The fourth-order valence-corrected chi connectivity index (χ4v) is 5.08. The first-order valence-corrected chi connectivity index (χ1v) is 12.1. The Morgan fingerprint density at radius 1 is 0.906 bits per heavy atom. The van der Waals surface area contributed by atoms with Crippen molar-refractivity contribution in [2.75, 3.05) is 52.4 Å². The number of nitrogens with zero attached hydrogens (tertiary/aromatic N) is 5. The minimum atomic E-state index is -0.104. The molecule has 0 radical (unpaired) electrons. The number of likely N-dealkylation sites (tertiary alicyclic amines) is 2. The second-order valence-corrected chi connectivity index (χ2v) is 9.22. The van der Waals surface area contributed by atoms with E-state index in [2.05, 4.69) is 9.88 Å². The van der Waals surface area contributed by atoms with Crippen LogP contribution in [-0.2, 0) is 20.9 Å². The van der Waals surface area contributed by atoms with Gasteiger partial charge in [0.15, 0.2) is 0 Å². The third kappa shape index (κ3) is 5.85. The van der Waals surface area contributed by atoms with Crippen LogP contribution >= 0.6 is 0 Å². The molecule has 174 valence electrons. The van der Waals surface area contributed by atoms with Gasteiger partial charge in [0.25, 0.3) is 0 Å². The van der Waals surface area contributed by atoms with Gasteiger partial charge < -0.3 is 14.7 Å². The van der Waals surface area contributed by atoms with E-state index in [0.717, 1.165) is 58.5 Å². The quantitative estimate of drug-likeness (QED) is 0.639. The lowest BCUT2D eigenvalue weighted by Gasteiger charge is -2.35. The van der Waals surface area contributed by atoms with Crippen molar-refractivity contribution in [2.45, 2.75) is 45.1 Å². The molecule has 0 bridgehead atoms. The van der Waals surface area contributed by atoms with Crippen molar-refractivity contribution in [1.82, 2.24) is 24.6 Å². The molecule has 0 aliphatic carbocycles. The molecule has 1 aromatic heterocycles. The number of hydrogen-bond donors (Lipinski definition) is 0. The largest absolute Gasteiger partial charge is 0.343 e. The van der Waals surface area contributed by atoms with Crippen molar-refractivity contribution < 1.29 is 14.4 Å². The van der Waals surface area contributed by atoms with Gasteiger partial charge in [-0.1, -0.05) is 0 Å². The Morgan fingerprint density at radius 3 is 2.47 bits per heavy atom. The van der Waals surface area contributed by atoms with Crippen molar-refractivity contribution in [3.05, 3.63) is 30.1 Å². The fourth-order valence-electron chi connectivity index (χ4n) is 5.08. The maximum atomic E-state index is 13.3. The Morgan fingerprint density at radius 2 is 1.69 bits per heavy atom. The highest BCUT2D eigenvalue weighted by Gasteiger charge is 2.33. The molecule has 3 saturated heterocycles. The van der Waals surface area contributed by atoms with Gasteiger partial charge in [0.05, 0.1) is 5.92 Å². The number of rotatable bonds is 7. The number of piperidine rings is 1. The second-order valence-electron chi connectivity index (χ2n) is 9.22. The number of pyridine rings is 1. The van der Waals surface area contributed by atoms with E-state index < -0.39 is 0 Å². The normalized spacial score (nSPS) is 23.0. The number of amides is 3. The van der Waals surface area contributed by atoms with Gasteiger partial charge in [-0.3, -0.25) is 24.3 Å². The molecular formula is C24H35N5O3. The van der Waals surface area contributed by atoms with Crippen LogP contribution in [0.4, 0.5) is 0 Å². The molecule has 0 spiro atoms. The van der Waals surface area contributed by atoms with Crippen LogP contribution in [0.1, 0.15) is 44.1 Å². The SMILES string of the molecule is O=C1CCCN1CCCN1C[C@H](C(=O)N2CCCN(Cc3ccncc3)CC2)CCC1=O. The van der Waals surface area contributed by atoms with E-state index in [1.54, 1.807) is 0 Å². The van der Waals surface area contributed by atoms with Crippen LogP contribution in [-0.4, -0.2) is 94.7 Å². The summed E-state index contributed by atoms with van der Waals surface area (Å²) in [4.78, 5) is 49.7. The molecule has 0 N–H and O–H groups in total. The third-order valence-corrected chi connectivity index (χ3v) is 6.93. The molecule has 32 heavy (non-hydrogen) atoms. The van der Waals surface area contributed by atoms with Gasteiger partial charge in [-0.05, 0) is 43.4 Å². The summed E-state index contributed by atoms with van der Waals surface area (Å²) in [5, 5.41) is 0. The number of aromatic nitrogens is 1. The van der Waals surface area contributed by atoms with E-state index in [1.165, 1.54) is 5.56 Å². The van der Waals surface area contributed by atoms with E-state index in [4.69, 9.17) is 0 Å². The van der Waals surface area contributed by atoms with Gasteiger partial charge in [-0.2, -0.15) is 0 Å². The van der Waals surface area contributed by atoms with Gasteiger partial charge in [0, 0.05) is 84.1 Å². The third-order valence-electron chi connectivity index (χ3n) is 6.93. The minimum Gasteiger partial charge on any atom is -0.343 e. The van der Waals surface area contributed by atoms with Crippen LogP contribution < -0.4 is 0 Å². The van der Waals surface area contributed by atoms with Crippen LogP contribution in [0, 0.1) is 5.92 Å². The smallest absolute Gasteiger partial charge is 0.227 e. The fraction of sp³-hybridized carbons (Fsp3) is 0.667. The number of carbonyl (C=O) groups is 3. The first-order valence-electron chi connectivity index (χ1n) is 12.1. The molecule has 0 saturated carbocycles. The minimum absolute atomic E-state index is 0.104. The van der Waals surface area contributed by atoms with E-state index in [-0.39, 0.29) is 23.6 Å². The lowest BCUT2D eigenvalue weighted by molar-refractivity contribution is -0.143. The highest BCUT2D eigenvalue weighted by Crippen LogP contribution is 2.22. The Balaban J connectivity index is 1.25. The topological polar surface area (TPSA) is 77.1 Å². The predicted octanol–water partition coefficient (Wildman–Crippen LogP) is 1.37. The Bertz CT molecular complexity index is 802. The first-order chi connectivity index (χ1) is 15.6. The maximum Gasteiger partial charge on any atom is 0.227 e. The Labute approximate surface area is 190 Å². The zero-order valence-corrected chi connectivity index (χ0v) is 19.0. The molecule has 0 unspecified atom stereocenters. The maximum absolute atomic E-state index is 13.3.